The van der Waals surface area contributed by atoms with Crippen molar-refractivity contribution in [3.8, 4) is 0 Å². The van der Waals surface area contributed by atoms with Crippen molar-refractivity contribution in [3.63, 3.8) is 0 Å². The van der Waals surface area contributed by atoms with Crippen molar-refractivity contribution >= 4 is 11.9 Å². The van der Waals surface area contributed by atoms with E-state index in [1.807, 2.05) is 0 Å². The number of nitrogens with one attached hydrogen (secondary N) is 1. The highest BCUT2D eigenvalue weighted by Crippen LogP contribution is 2.20. The molecule has 87 heavy (non-hydrogen) atoms. The number of aliphatic hydroxyl groups is 2. The number of rotatable bonds is 76. The molecule has 0 aromatic carbocycles. The maximum absolute atomic E-state index is 12.6. The number of aliphatic hydroxyl groups excluding tert-OH is 2. The van der Waals surface area contributed by atoms with E-state index in [2.05, 4.69) is 43.5 Å². The smallest absolute Gasteiger partial charge is 0.305 e. The van der Waals surface area contributed by atoms with E-state index in [0.717, 1.165) is 51.4 Å². The van der Waals surface area contributed by atoms with Crippen molar-refractivity contribution in [1.29, 1.82) is 0 Å². The number of unbranched alkanes of at least 4 members (excludes halogenated alkanes) is 61. The van der Waals surface area contributed by atoms with Gasteiger partial charge in [0.15, 0.2) is 0 Å². The number of hydrogen-bond donors (Lipinski definition) is 3. The van der Waals surface area contributed by atoms with Crippen LogP contribution < -0.4 is 5.32 Å². The van der Waals surface area contributed by atoms with Gasteiger partial charge in [-0.2, -0.15) is 0 Å². The number of carbonyl (C=O) groups is 2. The minimum absolute atomic E-state index is 0.0180. The molecule has 516 valence electrons. The van der Waals surface area contributed by atoms with Crippen LogP contribution in [-0.2, 0) is 14.3 Å². The molecule has 0 rings (SSSR count). The Morgan fingerprint density at radius 3 is 0.897 bits per heavy atom. The van der Waals surface area contributed by atoms with Crippen LogP contribution in [0.2, 0.25) is 0 Å². The van der Waals surface area contributed by atoms with Crippen LogP contribution in [0, 0.1) is 0 Å². The van der Waals surface area contributed by atoms with E-state index in [-0.39, 0.29) is 18.5 Å². The van der Waals surface area contributed by atoms with E-state index in [9.17, 15) is 19.8 Å². The Bertz CT molecular complexity index is 1360. The van der Waals surface area contributed by atoms with Crippen LogP contribution in [0.5, 0.6) is 0 Å². The summed E-state index contributed by atoms with van der Waals surface area (Å²) in [6.45, 7) is 4.98. The minimum Gasteiger partial charge on any atom is -0.466 e. The fraction of sp³-hybridized carbons (Fsp3) is 0.926. The zero-order valence-electron chi connectivity index (χ0n) is 59.3. The first-order valence-corrected chi connectivity index (χ1v) is 40.1. The van der Waals surface area contributed by atoms with E-state index in [1.54, 1.807) is 0 Å². The molecule has 0 radical (unpaired) electrons. The van der Waals surface area contributed by atoms with Gasteiger partial charge >= 0.3 is 5.97 Å². The highest BCUT2D eigenvalue weighted by molar-refractivity contribution is 5.76. The first-order chi connectivity index (χ1) is 43.0. The molecule has 0 aliphatic carbocycles. The van der Waals surface area contributed by atoms with Crippen LogP contribution in [0.3, 0.4) is 0 Å². The van der Waals surface area contributed by atoms with Gasteiger partial charge in [-0.05, 0) is 57.8 Å². The van der Waals surface area contributed by atoms with Gasteiger partial charge < -0.3 is 20.3 Å². The van der Waals surface area contributed by atoms with Crippen molar-refractivity contribution < 1.29 is 24.5 Å². The number of ether oxygens (including phenoxy) is 1. The number of amides is 1. The highest BCUT2D eigenvalue weighted by Gasteiger charge is 2.20. The first kappa shape index (κ1) is 85.3. The predicted molar refractivity (Wildman–Crippen MR) is 384 cm³/mol. The molecule has 6 nitrogen and oxygen atoms in total. The zero-order valence-corrected chi connectivity index (χ0v) is 59.3. The lowest BCUT2D eigenvalue weighted by atomic mass is 10.0. The summed E-state index contributed by atoms with van der Waals surface area (Å²) >= 11 is 0. The van der Waals surface area contributed by atoms with Crippen LogP contribution in [0.15, 0.2) is 24.3 Å². The van der Waals surface area contributed by atoms with Crippen molar-refractivity contribution in [2.75, 3.05) is 13.2 Å². The topological polar surface area (TPSA) is 95.9 Å². The molecule has 0 saturated heterocycles. The first-order valence-electron chi connectivity index (χ1n) is 40.1. The van der Waals surface area contributed by atoms with E-state index in [4.69, 9.17) is 4.74 Å². The van der Waals surface area contributed by atoms with Crippen molar-refractivity contribution in [1.82, 2.24) is 5.32 Å². The fourth-order valence-corrected chi connectivity index (χ4v) is 12.9. The molecule has 0 saturated carbocycles. The maximum Gasteiger partial charge on any atom is 0.305 e. The normalized spacial score (nSPS) is 12.6. The molecule has 0 aliphatic heterocycles. The van der Waals surface area contributed by atoms with Crippen LogP contribution >= 0.6 is 0 Å². The minimum atomic E-state index is -0.662. The molecule has 2 atom stereocenters. The number of esters is 1. The lowest BCUT2D eigenvalue weighted by Crippen LogP contribution is -2.45. The van der Waals surface area contributed by atoms with Crippen LogP contribution in [0.4, 0.5) is 0 Å². The van der Waals surface area contributed by atoms with E-state index >= 15 is 0 Å². The molecule has 0 bridgehead atoms. The third-order valence-electron chi connectivity index (χ3n) is 19.0. The van der Waals surface area contributed by atoms with Gasteiger partial charge in [0, 0.05) is 12.8 Å². The van der Waals surface area contributed by atoms with E-state index < -0.39 is 12.1 Å². The molecule has 0 heterocycles. The molecule has 3 N–H and O–H groups in total. The van der Waals surface area contributed by atoms with Crippen LogP contribution in [0.1, 0.15) is 457 Å². The average Bonchev–Trinajstić information content (AvgIpc) is 3.53. The molecule has 0 fully saturated rings. The molecule has 2 unspecified atom stereocenters. The van der Waals surface area contributed by atoms with Crippen LogP contribution in [-0.4, -0.2) is 47.4 Å². The Morgan fingerprint density at radius 1 is 0.322 bits per heavy atom. The number of allylic oxidation sites excluding steroid dienone is 4. The van der Waals surface area contributed by atoms with Gasteiger partial charge in [0.1, 0.15) is 0 Å². The van der Waals surface area contributed by atoms with Crippen molar-refractivity contribution in [2.24, 2.45) is 0 Å². The second-order valence-corrected chi connectivity index (χ2v) is 27.8. The molecule has 6 heteroatoms. The van der Waals surface area contributed by atoms with Crippen molar-refractivity contribution in [3.05, 3.63) is 24.3 Å². The summed E-state index contributed by atoms with van der Waals surface area (Å²) < 4.78 is 5.52. The Morgan fingerprint density at radius 2 is 0.575 bits per heavy atom. The van der Waals surface area contributed by atoms with Gasteiger partial charge in [-0.15, -0.1) is 0 Å². The second-order valence-electron chi connectivity index (χ2n) is 27.8. The van der Waals surface area contributed by atoms with Gasteiger partial charge in [-0.1, -0.05) is 411 Å². The van der Waals surface area contributed by atoms with E-state index in [1.165, 1.54) is 372 Å². The quantitative estimate of drug-likeness (QED) is 0.0320. The molecule has 0 aliphatic rings. The maximum atomic E-state index is 12.6. The van der Waals surface area contributed by atoms with Gasteiger partial charge in [0.05, 0.1) is 25.4 Å². The average molecular weight is 1230 g/mol. The highest BCUT2D eigenvalue weighted by atomic mass is 16.5. The van der Waals surface area contributed by atoms with Crippen molar-refractivity contribution in [2.45, 2.75) is 469 Å². The van der Waals surface area contributed by atoms with Gasteiger partial charge in [0.25, 0.3) is 0 Å². The summed E-state index contributed by atoms with van der Waals surface area (Å²) in [6, 6.07) is -0.539. The molecule has 1 amide bonds. The zero-order chi connectivity index (χ0) is 62.8. The Labute approximate surface area is 545 Å². The standard InChI is InChI=1S/C81H157NO5/c1-3-5-7-9-11-13-15-17-19-21-23-38-41-45-49-53-57-61-65-69-73-79(84)78(77-83)82-80(85)74-70-66-62-58-54-50-46-42-39-35-33-31-29-27-25-24-26-28-30-32-34-36-40-44-48-52-56-60-64-68-72-76-87-81(86)75-71-67-63-59-55-51-47-43-37-22-20-18-16-14-12-10-8-6-4-2/h12,14,18,20,78-79,83-84H,3-11,13,15-17,19,21-77H2,1-2H3,(H,82,85)/b14-12-,20-18-. The summed E-state index contributed by atoms with van der Waals surface area (Å²) in [7, 11) is 0. The van der Waals surface area contributed by atoms with Gasteiger partial charge in [-0.3, -0.25) is 9.59 Å². The summed E-state index contributed by atoms with van der Waals surface area (Å²) in [6.07, 6.45) is 98.4. The van der Waals surface area contributed by atoms with Crippen LogP contribution in [0.25, 0.3) is 0 Å². The summed E-state index contributed by atoms with van der Waals surface area (Å²) in [5, 5.41) is 23.4. The summed E-state index contributed by atoms with van der Waals surface area (Å²) in [5.74, 6) is -0.00755. The molecular formula is C81H157NO5. The second kappa shape index (κ2) is 76.8. The SMILES string of the molecule is CCCCC/C=C\C/C=C\CCCCCCCCCCCC(=O)OCCCCCCCCCCCCCCCCCCCCCCCCCCCCCCCCCC(=O)NC(CO)C(O)CCCCCCCCCCCCCCCCCCCCCC. The number of carbonyl (C=O) groups excluding carboxylic acids is 2. The predicted octanol–water partition coefficient (Wildman–Crippen LogP) is 26.4. The monoisotopic (exact) mass is 1220 g/mol. The number of hydrogen-bond acceptors (Lipinski definition) is 5. The summed E-state index contributed by atoms with van der Waals surface area (Å²) in [5.41, 5.74) is 0. The van der Waals surface area contributed by atoms with E-state index in [0.29, 0.717) is 25.9 Å². The summed E-state index contributed by atoms with van der Waals surface area (Å²) in [4.78, 5) is 24.7. The lowest BCUT2D eigenvalue weighted by Gasteiger charge is -2.22. The Hall–Kier alpha value is -1.66. The third-order valence-corrected chi connectivity index (χ3v) is 19.0. The molecular weight excluding hydrogens is 1070 g/mol. The molecule has 0 aromatic rings. The fourth-order valence-electron chi connectivity index (χ4n) is 12.9. The van der Waals surface area contributed by atoms with Gasteiger partial charge in [-0.25, -0.2) is 0 Å². The van der Waals surface area contributed by atoms with Gasteiger partial charge in [0.2, 0.25) is 5.91 Å². The largest absolute Gasteiger partial charge is 0.466 e. The molecule has 0 aromatic heterocycles. The molecule has 0 spiro atoms. The Kier molecular flexibility index (Phi) is 75.3. The third kappa shape index (κ3) is 73.3. The lowest BCUT2D eigenvalue weighted by molar-refractivity contribution is -0.143. The Balaban J connectivity index is 3.32.